The molecule has 0 aromatic heterocycles. The van der Waals surface area contributed by atoms with Crippen molar-refractivity contribution < 1.29 is 4.79 Å². The highest BCUT2D eigenvalue weighted by atomic mass is 35.5. The van der Waals surface area contributed by atoms with E-state index in [1.807, 2.05) is 12.1 Å². The predicted octanol–water partition coefficient (Wildman–Crippen LogP) is 3.97. The van der Waals surface area contributed by atoms with Crippen LogP contribution in [0.4, 0.5) is 5.69 Å². The second-order valence-corrected chi connectivity index (χ2v) is 6.19. The van der Waals surface area contributed by atoms with Crippen LogP contribution in [0.5, 0.6) is 0 Å². The molecule has 2 aromatic rings. The van der Waals surface area contributed by atoms with Gasteiger partial charge in [0.15, 0.2) is 0 Å². The molecule has 2 atom stereocenters. The van der Waals surface area contributed by atoms with Gasteiger partial charge in [-0.15, -0.1) is 0 Å². The maximum atomic E-state index is 12.2. The van der Waals surface area contributed by atoms with Crippen molar-refractivity contribution in [2.24, 2.45) is 5.73 Å². The Kier molecular flexibility index (Phi) is 4.13. The standard InChI is InChI=1S/C17H16Cl2N2O/c1-2-10-3-5-11(6-4-10)16-15(20)17(22)21(16)12-7-8-13(18)14(19)9-12/h3-9,15-16H,2,20H2,1H3. The summed E-state index contributed by atoms with van der Waals surface area (Å²) in [6.07, 6.45) is 0.979. The summed E-state index contributed by atoms with van der Waals surface area (Å²) in [7, 11) is 0. The van der Waals surface area contributed by atoms with Crippen molar-refractivity contribution in [2.75, 3.05) is 4.90 Å². The third kappa shape index (κ3) is 2.50. The third-order valence-corrected chi connectivity index (χ3v) is 4.79. The third-order valence-electron chi connectivity index (χ3n) is 4.05. The Labute approximate surface area is 139 Å². The monoisotopic (exact) mass is 334 g/mol. The minimum atomic E-state index is -0.526. The summed E-state index contributed by atoms with van der Waals surface area (Å²) in [5.74, 6) is -0.108. The molecule has 1 aliphatic heterocycles. The molecule has 0 spiro atoms. The van der Waals surface area contributed by atoms with Gasteiger partial charge in [0.05, 0.1) is 16.1 Å². The fourth-order valence-electron chi connectivity index (χ4n) is 2.74. The van der Waals surface area contributed by atoms with E-state index < -0.39 is 6.04 Å². The van der Waals surface area contributed by atoms with Gasteiger partial charge in [0, 0.05) is 5.69 Å². The highest BCUT2D eigenvalue weighted by Gasteiger charge is 2.46. The van der Waals surface area contributed by atoms with Crippen LogP contribution in [-0.4, -0.2) is 11.9 Å². The van der Waals surface area contributed by atoms with Crippen LogP contribution in [0.2, 0.25) is 10.0 Å². The summed E-state index contributed by atoms with van der Waals surface area (Å²) in [4.78, 5) is 13.9. The first-order valence-electron chi connectivity index (χ1n) is 7.15. The van der Waals surface area contributed by atoms with Crippen molar-refractivity contribution in [3.05, 3.63) is 63.6 Å². The molecule has 0 radical (unpaired) electrons. The molecular formula is C17H16Cl2N2O. The Balaban J connectivity index is 1.95. The maximum Gasteiger partial charge on any atom is 0.247 e. The lowest BCUT2D eigenvalue weighted by Crippen LogP contribution is -2.63. The number of rotatable bonds is 3. The zero-order valence-electron chi connectivity index (χ0n) is 12.1. The van der Waals surface area contributed by atoms with E-state index in [0.29, 0.717) is 15.7 Å². The van der Waals surface area contributed by atoms with Crippen molar-refractivity contribution in [1.82, 2.24) is 0 Å². The van der Waals surface area contributed by atoms with Crippen LogP contribution >= 0.6 is 23.2 Å². The van der Waals surface area contributed by atoms with Gasteiger partial charge < -0.3 is 10.6 Å². The quantitative estimate of drug-likeness (QED) is 0.863. The normalized spacial score (nSPS) is 20.9. The minimum absolute atomic E-state index is 0.108. The van der Waals surface area contributed by atoms with Gasteiger partial charge in [0.25, 0.3) is 0 Å². The fourth-order valence-corrected chi connectivity index (χ4v) is 3.03. The molecule has 2 N–H and O–H groups in total. The Morgan fingerprint density at radius 3 is 2.36 bits per heavy atom. The molecule has 22 heavy (non-hydrogen) atoms. The highest BCUT2D eigenvalue weighted by Crippen LogP contribution is 2.40. The Morgan fingerprint density at radius 1 is 1.09 bits per heavy atom. The highest BCUT2D eigenvalue weighted by molar-refractivity contribution is 6.42. The smallest absolute Gasteiger partial charge is 0.247 e. The van der Waals surface area contributed by atoms with Crippen molar-refractivity contribution in [2.45, 2.75) is 25.4 Å². The van der Waals surface area contributed by atoms with Crippen molar-refractivity contribution in [3.63, 3.8) is 0 Å². The van der Waals surface area contributed by atoms with Gasteiger partial charge in [-0.05, 0) is 35.7 Å². The number of anilines is 1. The number of carbonyl (C=O) groups excluding carboxylic acids is 1. The van der Waals surface area contributed by atoms with Gasteiger partial charge in [0.2, 0.25) is 5.91 Å². The van der Waals surface area contributed by atoms with E-state index in [1.54, 1.807) is 23.1 Å². The number of benzene rings is 2. The number of nitrogens with zero attached hydrogens (tertiary/aromatic N) is 1. The molecule has 3 nitrogen and oxygen atoms in total. The van der Waals surface area contributed by atoms with E-state index in [0.717, 1.165) is 12.0 Å². The van der Waals surface area contributed by atoms with Crippen LogP contribution in [0.3, 0.4) is 0 Å². The van der Waals surface area contributed by atoms with Gasteiger partial charge in [-0.1, -0.05) is 54.4 Å². The number of carbonyl (C=O) groups is 1. The Hall–Kier alpha value is -1.55. The van der Waals surface area contributed by atoms with Gasteiger partial charge in [-0.2, -0.15) is 0 Å². The number of hydrogen-bond donors (Lipinski definition) is 1. The molecule has 3 rings (SSSR count). The van der Waals surface area contributed by atoms with E-state index in [4.69, 9.17) is 28.9 Å². The number of amides is 1. The first-order chi connectivity index (χ1) is 10.5. The van der Waals surface area contributed by atoms with Crippen LogP contribution < -0.4 is 10.6 Å². The molecule has 114 valence electrons. The van der Waals surface area contributed by atoms with Crippen LogP contribution in [0.15, 0.2) is 42.5 Å². The summed E-state index contributed by atoms with van der Waals surface area (Å²) in [5, 5.41) is 0.888. The molecule has 0 saturated carbocycles. The number of β-lactam (4-membered cyclic amide) rings is 1. The van der Waals surface area contributed by atoms with Crippen molar-refractivity contribution >= 4 is 34.8 Å². The number of aryl methyl sites for hydroxylation is 1. The van der Waals surface area contributed by atoms with Crippen LogP contribution in [-0.2, 0) is 11.2 Å². The average Bonchev–Trinajstić information content (AvgIpc) is 2.54. The molecule has 1 amide bonds. The van der Waals surface area contributed by atoms with Gasteiger partial charge in [0.1, 0.15) is 6.04 Å². The Morgan fingerprint density at radius 2 is 1.77 bits per heavy atom. The van der Waals surface area contributed by atoms with E-state index in [2.05, 4.69) is 19.1 Å². The lowest BCUT2D eigenvalue weighted by Gasteiger charge is -2.45. The number of hydrogen-bond acceptors (Lipinski definition) is 2. The Bertz CT molecular complexity index is 715. The van der Waals surface area contributed by atoms with Gasteiger partial charge >= 0.3 is 0 Å². The second kappa shape index (κ2) is 5.92. The number of nitrogens with two attached hydrogens (primary N) is 1. The zero-order valence-corrected chi connectivity index (χ0v) is 13.6. The number of halogens is 2. The summed E-state index contributed by atoms with van der Waals surface area (Å²) in [5.41, 5.74) is 9.01. The summed E-state index contributed by atoms with van der Waals surface area (Å²) < 4.78 is 0. The molecule has 1 heterocycles. The maximum absolute atomic E-state index is 12.2. The molecule has 1 saturated heterocycles. The first-order valence-corrected chi connectivity index (χ1v) is 7.91. The van der Waals surface area contributed by atoms with E-state index in [-0.39, 0.29) is 11.9 Å². The lowest BCUT2D eigenvalue weighted by atomic mass is 9.88. The molecule has 0 aliphatic carbocycles. The summed E-state index contributed by atoms with van der Waals surface area (Å²) >= 11 is 12.0. The largest absolute Gasteiger partial charge is 0.318 e. The molecule has 2 aromatic carbocycles. The van der Waals surface area contributed by atoms with Crippen LogP contribution in [0, 0.1) is 0 Å². The molecule has 1 aliphatic rings. The van der Waals surface area contributed by atoms with Gasteiger partial charge in [-0.3, -0.25) is 4.79 Å². The minimum Gasteiger partial charge on any atom is -0.318 e. The van der Waals surface area contributed by atoms with Crippen LogP contribution in [0.1, 0.15) is 24.1 Å². The molecule has 5 heteroatoms. The average molecular weight is 335 g/mol. The lowest BCUT2D eigenvalue weighted by molar-refractivity contribution is -0.126. The van der Waals surface area contributed by atoms with E-state index in [1.165, 1.54) is 5.56 Å². The summed E-state index contributed by atoms with van der Waals surface area (Å²) in [6, 6.07) is 12.7. The SMILES string of the molecule is CCc1ccc(C2C(N)C(=O)N2c2ccc(Cl)c(Cl)c2)cc1. The van der Waals surface area contributed by atoms with Crippen molar-refractivity contribution in [3.8, 4) is 0 Å². The van der Waals surface area contributed by atoms with Crippen LogP contribution in [0.25, 0.3) is 0 Å². The molecular weight excluding hydrogens is 319 g/mol. The summed E-state index contributed by atoms with van der Waals surface area (Å²) in [6.45, 7) is 2.11. The second-order valence-electron chi connectivity index (χ2n) is 5.37. The van der Waals surface area contributed by atoms with Gasteiger partial charge in [-0.25, -0.2) is 0 Å². The van der Waals surface area contributed by atoms with E-state index in [9.17, 15) is 4.79 Å². The van der Waals surface area contributed by atoms with E-state index >= 15 is 0 Å². The molecule has 0 bridgehead atoms. The topological polar surface area (TPSA) is 46.3 Å². The molecule has 2 unspecified atom stereocenters. The zero-order chi connectivity index (χ0) is 15.9. The molecule has 1 fully saturated rings. The first kappa shape index (κ1) is 15.3. The fraction of sp³-hybridized carbons (Fsp3) is 0.235. The predicted molar refractivity (Wildman–Crippen MR) is 90.5 cm³/mol. The van der Waals surface area contributed by atoms with Crippen molar-refractivity contribution in [1.29, 1.82) is 0 Å².